The Morgan fingerprint density at radius 1 is 2.00 bits per heavy atom. The summed E-state index contributed by atoms with van der Waals surface area (Å²) in [5.41, 5.74) is 0. The molecule has 1 N–H and O–H groups in total. The van der Waals surface area contributed by atoms with Crippen molar-refractivity contribution >= 4 is 29.5 Å². The average Bonchev–Trinajstić information content (AvgIpc) is 0.918. The molecule has 0 bridgehead atoms. The largest absolute Gasteiger partial charge is 2.00 e. The van der Waals surface area contributed by atoms with Crippen molar-refractivity contribution < 1.29 is 12.8 Å². The van der Waals surface area contributed by atoms with Crippen LogP contribution in [0.25, 0.3) is 0 Å². The van der Waals surface area contributed by atoms with Crippen LogP contribution in [-0.4, -0.2) is 34.6 Å². The van der Waals surface area contributed by atoms with Gasteiger partial charge in [0, 0.05) is 0 Å². The predicted octanol–water partition coefficient (Wildman–Crippen LogP) is -0.455. The van der Waals surface area contributed by atoms with Crippen molar-refractivity contribution in [2.24, 2.45) is 0 Å². The fourth-order valence-electron chi connectivity index (χ4n) is 0. The van der Waals surface area contributed by atoms with Crippen LogP contribution < -0.4 is 0 Å². The molecule has 0 saturated heterocycles. The molecule has 0 aliphatic carbocycles. The molecule has 0 aromatic heterocycles. The summed E-state index contributed by atoms with van der Waals surface area (Å²) < 4.78 is 0. The summed E-state index contributed by atoms with van der Waals surface area (Å²) in [6.45, 7) is -0.250. The second kappa shape index (κ2) is 10.6. The first-order valence-electron chi connectivity index (χ1n) is 0.494. The Bertz CT molecular complexity index is 19.0. The number of carbonyl (C=O) groups is 1. The molecule has 0 aromatic carbocycles. The van der Waals surface area contributed by atoms with Gasteiger partial charge in [0.05, 0.1) is 0 Å². The molecule has 0 aromatic rings. The van der Waals surface area contributed by atoms with Gasteiger partial charge in [0.1, 0.15) is 0 Å². The SMILES string of the molecule is O=CO.[H-].[H-].[Mg+2]. The number of carboxylic acid groups (broad SMARTS) is 1. The maximum Gasteiger partial charge on any atom is 2.00 e. The van der Waals surface area contributed by atoms with E-state index in [4.69, 9.17) is 9.90 Å². The van der Waals surface area contributed by atoms with Gasteiger partial charge < -0.3 is 7.96 Å². The van der Waals surface area contributed by atoms with E-state index in [0.29, 0.717) is 0 Å². The molecule has 0 radical (unpaired) electrons. The molecule has 0 amide bonds. The van der Waals surface area contributed by atoms with E-state index in [1.54, 1.807) is 0 Å². The molecule has 3 heteroatoms. The third kappa shape index (κ3) is 61.2. The number of hydrogen-bond donors (Lipinski definition) is 1. The van der Waals surface area contributed by atoms with E-state index in [0.717, 1.165) is 0 Å². The van der Waals surface area contributed by atoms with Crippen molar-refractivity contribution in [3.05, 3.63) is 0 Å². The molecule has 22 valence electrons. The van der Waals surface area contributed by atoms with Gasteiger partial charge in [-0.05, 0) is 0 Å². The van der Waals surface area contributed by atoms with Gasteiger partial charge in [0.2, 0.25) is 0 Å². The summed E-state index contributed by atoms with van der Waals surface area (Å²) in [6.07, 6.45) is 0. The predicted molar refractivity (Wildman–Crippen MR) is 16.7 cm³/mol. The van der Waals surface area contributed by atoms with Crippen molar-refractivity contribution in [3.8, 4) is 0 Å². The maximum atomic E-state index is 8.36. The minimum atomic E-state index is -0.250. The first kappa shape index (κ1) is 8.87. The van der Waals surface area contributed by atoms with Crippen LogP contribution in [0.3, 0.4) is 0 Å². The molecule has 2 nitrogen and oxygen atoms in total. The van der Waals surface area contributed by atoms with E-state index in [1.165, 1.54) is 0 Å². The first-order valence-corrected chi connectivity index (χ1v) is 0.494. The number of hydrogen-bond acceptors (Lipinski definition) is 1. The fraction of sp³-hybridized carbons (Fsp3) is 0. The molecule has 0 rings (SSSR count). The summed E-state index contributed by atoms with van der Waals surface area (Å²) in [6, 6.07) is 0. The van der Waals surface area contributed by atoms with Crippen LogP contribution in [0.1, 0.15) is 2.85 Å². The van der Waals surface area contributed by atoms with Crippen LogP contribution in [-0.2, 0) is 4.79 Å². The van der Waals surface area contributed by atoms with Gasteiger partial charge in [-0.1, -0.05) is 0 Å². The third-order valence-corrected chi connectivity index (χ3v) is 0. The summed E-state index contributed by atoms with van der Waals surface area (Å²) >= 11 is 0. The molecule has 0 atom stereocenters. The molecule has 0 spiro atoms. The van der Waals surface area contributed by atoms with Gasteiger partial charge in [0.15, 0.2) is 0 Å². The molecule has 0 heterocycles. The molecular weight excluding hydrogens is 68.3 g/mol. The zero-order chi connectivity index (χ0) is 2.71. The Hall–Kier alpha value is 0.236. The summed E-state index contributed by atoms with van der Waals surface area (Å²) in [5.74, 6) is 0. The van der Waals surface area contributed by atoms with Gasteiger partial charge in [-0.25, -0.2) is 0 Å². The summed E-state index contributed by atoms with van der Waals surface area (Å²) in [5, 5.41) is 6.89. The van der Waals surface area contributed by atoms with Crippen LogP contribution in [0.5, 0.6) is 0 Å². The fourth-order valence-corrected chi connectivity index (χ4v) is 0. The Kier molecular flexibility index (Phi) is 23.5. The molecule has 0 aliphatic heterocycles. The smallest absolute Gasteiger partial charge is 1.00 e. The maximum absolute atomic E-state index is 8.36. The monoisotopic (exact) mass is 72.0 g/mol. The van der Waals surface area contributed by atoms with Crippen LogP contribution in [0.15, 0.2) is 0 Å². The van der Waals surface area contributed by atoms with Crippen molar-refractivity contribution in [2.75, 3.05) is 0 Å². The minimum absolute atomic E-state index is 0. The van der Waals surface area contributed by atoms with E-state index in [-0.39, 0.29) is 32.4 Å². The van der Waals surface area contributed by atoms with E-state index < -0.39 is 0 Å². The molecular formula is CH4MgO2. The van der Waals surface area contributed by atoms with Crippen molar-refractivity contribution in [2.45, 2.75) is 0 Å². The van der Waals surface area contributed by atoms with Crippen molar-refractivity contribution in [1.29, 1.82) is 0 Å². The van der Waals surface area contributed by atoms with E-state index in [9.17, 15) is 0 Å². The van der Waals surface area contributed by atoms with Crippen molar-refractivity contribution in [1.82, 2.24) is 0 Å². The van der Waals surface area contributed by atoms with Crippen molar-refractivity contribution in [3.63, 3.8) is 0 Å². The van der Waals surface area contributed by atoms with E-state index in [1.807, 2.05) is 0 Å². The average molecular weight is 72.3 g/mol. The van der Waals surface area contributed by atoms with Crippen LogP contribution in [0.4, 0.5) is 0 Å². The van der Waals surface area contributed by atoms with Gasteiger partial charge in [-0.2, -0.15) is 0 Å². The third-order valence-electron chi connectivity index (χ3n) is 0. The number of rotatable bonds is 0. The van der Waals surface area contributed by atoms with Gasteiger partial charge in [-0.3, -0.25) is 4.79 Å². The van der Waals surface area contributed by atoms with Crippen LogP contribution in [0.2, 0.25) is 0 Å². The molecule has 0 unspecified atom stereocenters. The Morgan fingerprint density at radius 3 is 2.00 bits per heavy atom. The van der Waals surface area contributed by atoms with Gasteiger partial charge in [-0.15, -0.1) is 0 Å². The quantitative estimate of drug-likeness (QED) is 0.311. The van der Waals surface area contributed by atoms with Crippen LogP contribution >= 0.6 is 0 Å². The van der Waals surface area contributed by atoms with Crippen LogP contribution in [0, 0.1) is 0 Å². The molecule has 0 fully saturated rings. The Balaban J connectivity index is -0.00000000667. The first-order chi connectivity index (χ1) is 1.41. The minimum Gasteiger partial charge on any atom is -1.00 e. The van der Waals surface area contributed by atoms with Gasteiger partial charge in [0.25, 0.3) is 6.47 Å². The summed E-state index contributed by atoms with van der Waals surface area (Å²) in [4.78, 5) is 8.36. The Labute approximate surface area is 42.9 Å². The summed E-state index contributed by atoms with van der Waals surface area (Å²) in [7, 11) is 0. The zero-order valence-electron chi connectivity index (χ0n) is 4.14. The normalized spacial score (nSPS) is 3.00. The van der Waals surface area contributed by atoms with E-state index >= 15 is 0 Å². The molecule has 0 saturated carbocycles. The molecule has 4 heavy (non-hydrogen) atoms. The zero-order valence-corrected chi connectivity index (χ0v) is 3.55. The second-order valence-electron chi connectivity index (χ2n) is 0.105. The van der Waals surface area contributed by atoms with E-state index in [2.05, 4.69) is 0 Å². The molecule has 0 aliphatic rings. The Morgan fingerprint density at radius 2 is 2.00 bits per heavy atom. The standard InChI is InChI=1S/CH2O2.Mg.2H/c2-1-3;;;/h1H,(H,2,3);;;/q;+2;2*-1. The second-order valence-corrected chi connectivity index (χ2v) is 0.105. The topological polar surface area (TPSA) is 37.3 Å². The van der Waals surface area contributed by atoms with Gasteiger partial charge >= 0.3 is 23.1 Å².